The average molecular weight is 469 g/mol. The number of carbonyl (C=O) groups excluding carboxylic acids is 1. The lowest BCUT2D eigenvalue weighted by molar-refractivity contribution is -0.116. The Hall–Kier alpha value is -1.97. The number of hydrogen-bond donors (Lipinski definition) is 1. The number of amides is 1. The zero-order valence-electron chi connectivity index (χ0n) is 14.4. The molecule has 1 amide bonds. The number of aromatic nitrogens is 1. The molecule has 0 spiro atoms. The molecule has 142 valence electrons. The molecule has 1 aromatic heterocycles. The Morgan fingerprint density at radius 1 is 1.22 bits per heavy atom. The third kappa shape index (κ3) is 5.50. The van der Waals surface area contributed by atoms with Gasteiger partial charge in [0.2, 0.25) is 5.91 Å². The molecule has 0 bridgehead atoms. The van der Waals surface area contributed by atoms with Crippen LogP contribution in [0.4, 0.5) is 5.13 Å². The molecule has 1 N–H and O–H groups in total. The Morgan fingerprint density at radius 3 is 2.67 bits per heavy atom. The maximum atomic E-state index is 12.1. The summed E-state index contributed by atoms with van der Waals surface area (Å²) in [5.74, 6) is 0.600. The third-order valence-corrected chi connectivity index (χ3v) is 6.24. The molecule has 2 aromatic carbocycles. The van der Waals surface area contributed by atoms with Crippen LogP contribution in [-0.2, 0) is 14.6 Å². The largest absolute Gasteiger partial charge is 0.494 e. The van der Waals surface area contributed by atoms with Crippen molar-refractivity contribution in [3.05, 3.63) is 46.9 Å². The van der Waals surface area contributed by atoms with Gasteiger partial charge in [0.05, 0.1) is 21.7 Å². The van der Waals surface area contributed by atoms with E-state index in [2.05, 4.69) is 26.2 Å². The van der Waals surface area contributed by atoms with E-state index in [1.165, 1.54) is 17.4 Å². The quantitative estimate of drug-likeness (QED) is 0.523. The zero-order valence-corrected chi connectivity index (χ0v) is 17.7. The number of thiazole rings is 1. The molecule has 0 radical (unpaired) electrons. The third-order valence-electron chi connectivity index (χ3n) is 3.66. The maximum absolute atomic E-state index is 12.1. The second-order valence-electron chi connectivity index (χ2n) is 5.87. The van der Waals surface area contributed by atoms with E-state index in [0.29, 0.717) is 34.8 Å². The molecule has 6 nitrogen and oxygen atoms in total. The summed E-state index contributed by atoms with van der Waals surface area (Å²) in [6.45, 7) is 0.437. The van der Waals surface area contributed by atoms with Gasteiger partial charge in [0.25, 0.3) is 0 Å². The number of benzene rings is 2. The molecule has 3 rings (SSSR count). The Bertz CT molecular complexity index is 1060. The monoisotopic (exact) mass is 468 g/mol. The van der Waals surface area contributed by atoms with Gasteiger partial charge in [0.15, 0.2) is 15.0 Å². The molecule has 0 aliphatic carbocycles. The van der Waals surface area contributed by atoms with Crippen molar-refractivity contribution in [2.75, 3.05) is 18.2 Å². The summed E-state index contributed by atoms with van der Waals surface area (Å²) in [6, 6.07) is 12.2. The van der Waals surface area contributed by atoms with Crippen molar-refractivity contribution in [3.8, 4) is 5.75 Å². The molecule has 3 aromatic rings. The second-order valence-corrected chi connectivity index (χ2v) is 9.84. The summed E-state index contributed by atoms with van der Waals surface area (Å²) in [6.07, 6.45) is 2.04. The molecule has 0 aliphatic heterocycles. The van der Waals surface area contributed by atoms with Crippen molar-refractivity contribution >= 4 is 58.4 Å². The van der Waals surface area contributed by atoms with Crippen LogP contribution >= 0.6 is 27.3 Å². The van der Waals surface area contributed by atoms with Gasteiger partial charge in [-0.1, -0.05) is 27.3 Å². The number of sulfone groups is 1. The van der Waals surface area contributed by atoms with Gasteiger partial charge in [-0.2, -0.15) is 0 Å². The van der Waals surface area contributed by atoms with Crippen LogP contribution in [0.15, 0.2) is 51.8 Å². The maximum Gasteiger partial charge on any atom is 0.226 e. The molecule has 27 heavy (non-hydrogen) atoms. The van der Waals surface area contributed by atoms with Gasteiger partial charge in [-0.15, -0.1) is 0 Å². The number of ether oxygens (including phenoxy) is 1. The average Bonchev–Trinajstić information content (AvgIpc) is 3.00. The van der Waals surface area contributed by atoms with Crippen LogP contribution in [0.3, 0.4) is 0 Å². The lowest BCUT2D eigenvalue weighted by atomic mass is 10.3. The normalized spacial score (nSPS) is 11.5. The standard InChI is InChI=1S/C18H17BrN2O4S2/c1-27(23,24)14-8-9-15-16(11-14)26-18(20-15)21-17(22)3-2-10-25-13-6-4-12(19)5-7-13/h4-9,11H,2-3,10H2,1H3,(H,20,21,22). The van der Waals surface area contributed by atoms with E-state index >= 15 is 0 Å². The highest BCUT2D eigenvalue weighted by molar-refractivity contribution is 9.10. The van der Waals surface area contributed by atoms with Gasteiger partial charge in [-0.3, -0.25) is 4.79 Å². The number of hydrogen-bond acceptors (Lipinski definition) is 6. The number of carbonyl (C=O) groups is 1. The lowest BCUT2D eigenvalue weighted by Gasteiger charge is -2.06. The number of rotatable bonds is 7. The van der Waals surface area contributed by atoms with Crippen LogP contribution in [0.5, 0.6) is 5.75 Å². The topological polar surface area (TPSA) is 85.4 Å². The highest BCUT2D eigenvalue weighted by atomic mass is 79.9. The first-order valence-corrected chi connectivity index (χ1v) is 11.6. The Labute approximate surface area is 169 Å². The highest BCUT2D eigenvalue weighted by Crippen LogP contribution is 2.28. The summed E-state index contributed by atoms with van der Waals surface area (Å²) in [4.78, 5) is 16.6. The van der Waals surface area contributed by atoms with Crippen LogP contribution in [0.2, 0.25) is 0 Å². The van der Waals surface area contributed by atoms with E-state index in [9.17, 15) is 13.2 Å². The van der Waals surface area contributed by atoms with Gasteiger partial charge in [-0.05, 0) is 48.9 Å². The second kappa shape index (κ2) is 8.37. The number of halogens is 1. The highest BCUT2D eigenvalue weighted by Gasteiger charge is 2.12. The minimum Gasteiger partial charge on any atom is -0.494 e. The van der Waals surface area contributed by atoms with Crippen LogP contribution in [0.1, 0.15) is 12.8 Å². The van der Waals surface area contributed by atoms with E-state index in [-0.39, 0.29) is 10.8 Å². The van der Waals surface area contributed by atoms with Gasteiger partial charge in [-0.25, -0.2) is 13.4 Å². The minimum absolute atomic E-state index is 0.156. The van der Waals surface area contributed by atoms with Crippen LogP contribution in [-0.4, -0.2) is 32.2 Å². The fourth-order valence-corrected chi connectivity index (χ4v) is 4.23. The zero-order chi connectivity index (χ0) is 19.4. The first kappa shape index (κ1) is 19.8. The van der Waals surface area contributed by atoms with E-state index in [4.69, 9.17) is 4.74 Å². The molecule has 0 saturated carbocycles. The van der Waals surface area contributed by atoms with Gasteiger partial charge >= 0.3 is 0 Å². The van der Waals surface area contributed by atoms with Crippen molar-refractivity contribution in [2.45, 2.75) is 17.7 Å². The van der Waals surface area contributed by atoms with Crippen LogP contribution < -0.4 is 10.1 Å². The molecule has 0 aliphatic rings. The summed E-state index contributed by atoms with van der Waals surface area (Å²) in [7, 11) is -3.27. The van der Waals surface area contributed by atoms with Crippen molar-refractivity contribution in [3.63, 3.8) is 0 Å². The van der Waals surface area contributed by atoms with E-state index in [1.807, 2.05) is 24.3 Å². The van der Waals surface area contributed by atoms with Crippen molar-refractivity contribution in [1.29, 1.82) is 0 Å². The van der Waals surface area contributed by atoms with E-state index < -0.39 is 9.84 Å². The summed E-state index contributed by atoms with van der Waals surface area (Å²) < 4.78 is 30.5. The number of fused-ring (bicyclic) bond motifs is 1. The molecular formula is C18H17BrN2O4S2. The molecule has 1 heterocycles. The van der Waals surface area contributed by atoms with Crippen LogP contribution in [0, 0.1) is 0 Å². The molecule has 0 unspecified atom stereocenters. The molecule has 0 atom stereocenters. The predicted octanol–water partition coefficient (Wildman–Crippen LogP) is 4.26. The Morgan fingerprint density at radius 2 is 1.96 bits per heavy atom. The summed E-state index contributed by atoms with van der Waals surface area (Å²) in [5, 5.41) is 3.21. The number of nitrogens with zero attached hydrogens (tertiary/aromatic N) is 1. The minimum atomic E-state index is -3.27. The van der Waals surface area contributed by atoms with E-state index in [0.717, 1.165) is 16.5 Å². The first-order valence-electron chi connectivity index (χ1n) is 8.10. The predicted molar refractivity (Wildman–Crippen MR) is 110 cm³/mol. The molecular weight excluding hydrogens is 452 g/mol. The smallest absolute Gasteiger partial charge is 0.226 e. The van der Waals surface area contributed by atoms with Crippen molar-refractivity contribution < 1.29 is 17.9 Å². The van der Waals surface area contributed by atoms with Gasteiger partial charge in [0.1, 0.15) is 5.75 Å². The SMILES string of the molecule is CS(=O)(=O)c1ccc2nc(NC(=O)CCCOc3ccc(Br)cc3)sc2c1. The molecule has 9 heteroatoms. The summed E-state index contributed by atoms with van der Waals surface area (Å²) >= 11 is 4.61. The lowest BCUT2D eigenvalue weighted by Crippen LogP contribution is -2.12. The van der Waals surface area contributed by atoms with Crippen LogP contribution in [0.25, 0.3) is 10.2 Å². The molecule has 0 saturated heterocycles. The first-order chi connectivity index (χ1) is 12.8. The van der Waals surface area contributed by atoms with E-state index in [1.54, 1.807) is 12.1 Å². The van der Waals surface area contributed by atoms with Crippen molar-refractivity contribution in [1.82, 2.24) is 4.98 Å². The Balaban J connectivity index is 1.52. The van der Waals surface area contributed by atoms with Crippen molar-refractivity contribution in [2.24, 2.45) is 0 Å². The number of anilines is 1. The fourth-order valence-electron chi connectivity index (χ4n) is 2.32. The van der Waals surface area contributed by atoms with Gasteiger partial charge < -0.3 is 10.1 Å². The number of nitrogens with one attached hydrogen (secondary N) is 1. The molecule has 0 fully saturated rings. The summed E-state index contributed by atoms with van der Waals surface area (Å²) in [5.41, 5.74) is 0.654. The van der Waals surface area contributed by atoms with Gasteiger partial charge in [0, 0.05) is 17.1 Å². The fraction of sp³-hybridized carbons (Fsp3) is 0.222. The Kier molecular flexibility index (Phi) is 6.13.